The summed E-state index contributed by atoms with van der Waals surface area (Å²) in [6.07, 6.45) is 6.78. The van der Waals surface area contributed by atoms with Crippen LogP contribution >= 0.6 is 23.2 Å². The molecule has 0 aromatic heterocycles. The summed E-state index contributed by atoms with van der Waals surface area (Å²) in [5.74, 6) is 0. The highest BCUT2D eigenvalue weighted by atomic mass is 35.5. The van der Waals surface area contributed by atoms with Gasteiger partial charge < -0.3 is 10.0 Å². The lowest BCUT2D eigenvalue weighted by molar-refractivity contribution is 0.112. The fourth-order valence-electron chi connectivity index (χ4n) is 3.27. The highest BCUT2D eigenvalue weighted by Crippen LogP contribution is 2.32. The van der Waals surface area contributed by atoms with Gasteiger partial charge in [0.25, 0.3) is 0 Å². The van der Waals surface area contributed by atoms with Gasteiger partial charge >= 0.3 is 0 Å². The van der Waals surface area contributed by atoms with Crippen LogP contribution in [0.3, 0.4) is 0 Å². The van der Waals surface area contributed by atoms with E-state index in [9.17, 15) is 5.11 Å². The number of hydrogen-bond acceptors (Lipinski definition) is 2. The Balaban J connectivity index is 1.92. The predicted octanol–water partition coefficient (Wildman–Crippen LogP) is 5.07. The van der Waals surface area contributed by atoms with E-state index in [0.717, 1.165) is 18.7 Å². The molecule has 1 aromatic rings. The molecule has 0 saturated heterocycles. The average Bonchev–Trinajstić information content (AvgIpc) is 2.51. The van der Waals surface area contributed by atoms with Gasteiger partial charge in [0.15, 0.2) is 0 Å². The number of benzene rings is 1. The molecule has 0 heterocycles. The summed E-state index contributed by atoms with van der Waals surface area (Å²) in [6, 6.07) is 6.13. The number of rotatable bonds is 6. The molecule has 118 valence electrons. The minimum absolute atomic E-state index is 0.479. The Morgan fingerprint density at radius 2 is 1.95 bits per heavy atom. The summed E-state index contributed by atoms with van der Waals surface area (Å²) in [6.45, 7) is 4.15. The predicted molar refractivity (Wildman–Crippen MR) is 90.2 cm³/mol. The van der Waals surface area contributed by atoms with Gasteiger partial charge in [0, 0.05) is 18.2 Å². The van der Waals surface area contributed by atoms with E-state index in [1.807, 2.05) is 12.1 Å². The zero-order valence-electron chi connectivity index (χ0n) is 12.7. The van der Waals surface area contributed by atoms with Crippen molar-refractivity contribution in [2.75, 3.05) is 13.1 Å². The van der Waals surface area contributed by atoms with E-state index in [1.165, 1.54) is 32.1 Å². The van der Waals surface area contributed by atoms with E-state index >= 15 is 0 Å². The van der Waals surface area contributed by atoms with E-state index in [0.29, 0.717) is 22.5 Å². The van der Waals surface area contributed by atoms with Crippen LogP contribution in [-0.2, 0) is 0 Å². The average molecular weight is 330 g/mol. The van der Waals surface area contributed by atoms with Gasteiger partial charge in [-0.25, -0.2) is 0 Å². The second kappa shape index (κ2) is 8.38. The zero-order chi connectivity index (χ0) is 15.2. The van der Waals surface area contributed by atoms with Gasteiger partial charge in [0.2, 0.25) is 0 Å². The molecule has 1 fully saturated rings. The van der Waals surface area contributed by atoms with Crippen LogP contribution in [0.2, 0.25) is 10.0 Å². The maximum Gasteiger partial charge on any atom is 0.0817 e. The molecule has 0 spiro atoms. The molecule has 1 unspecified atom stereocenters. The Morgan fingerprint density at radius 1 is 1.24 bits per heavy atom. The maximum absolute atomic E-state index is 10.4. The second-order valence-electron chi connectivity index (χ2n) is 5.87. The molecule has 1 aliphatic carbocycles. The fourth-order valence-corrected chi connectivity index (χ4v) is 3.70. The normalized spacial score (nSPS) is 18.1. The minimum Gasteiger partial charge on any atom is -0.388 e. The molecular weight excluding hydrogens is 305 g/mol. The largest absolute Gasteiger partial charge is 0.388 e. The van der Waals surface area contributed by atoms with Crippen LogP contribution in [0.4, 0.5) is 0 Å². The summed E-state index contributed by atoms with van der Waals surface area (Å²) >= 11 is 12.2. The van der Waals surface area contributed by atoms with Gasteiger partial charge in [-0.2, -0.15) is 0 Å². The summed E-state index contributed by atoms with van der Waals surface area (Å²) < 4.78 is 0. The lowest BCUT2D eigenvalue weighted by Crippen LogP contribution is -2.37. The van der Waals surface area contributed by atoms with Gasteiger partial charge in [-0.3, -0.25) is 0 Å². The third kappa shape index (κ3) is 4.59. The highest BCUT2D eigenvalue weighted by Gasteiger charge is 2.21. The van der Waals surface area contributed by atoms with Crippen molar-refractivity contribution in [1.29, 1.82) is 0 Å². The van der Waals surface area contributed by atoms with Crippen LogP contribution < -0.4 is 0 Å². The van der Waals surface area contributed by atoms with Crippen LogP contribution in [-0.4, -0.2) is 29.1 Å². The topological polar surface area (TPSA) is 23.5 Å². The number of nitrogens with zero attached hydrogens (tertiary/aromatic N) is 1. The van der Waals surface area contributed by atoms with Crippen molar-refractivity contribution >= 4 is 23.2 Å². The Kier molecular flexibility index (Phi) is 6.81. The quantitative estimate of drug-likeness (QED) is 0.787. The van der Waals surface area contributed by atoms with Crippen molar-refractivity contribution in [3.05, 3.63) is 33.8 Å². The Hall–Kier alpha value is -0.280. The van der Waals surface area contributed by atoms with Crippen molar-refractivity contribution in [3.8, 4) is 0 Å². The standard InChI is InChI=1S/C17H25Cl2NO/c1-2-20(13-7-4-3-5-8-13)12-11-16(21)14-9-6-10-15(18)17(14)19/h6,9-10,13,16,21H,2-5,7-8,11-12H2,1H3. The van der Waals surface area contributed by atoms with E-state index in [2.05, 4.69) is 11.8 Å². The zero-order valence-corrected chi connectivity index (χ0v) is 14.2. The van der Waals surface area contributed by atoms with Crippen LogP contribution in [0, 0.1) is 0 Å². The summed E-state index contributed by atoms with van der Waals surface area (Å²) in [4.78, 5) is 2.50. The molecule has 0 radical (unpaired) electrons. The van der Waals surface area contributed by atoms with Gasteiger partial charge in [-0.1, -0.05) is 61.5 Å². The monoisotopic (exact) mass is 329 g/mol. The third-order valence-corrected chi connectivity index (χ3v) is 5.36. The molecule has 1 aliphatic rings. The summed E-state index contributed by atoms with van der Waals surface area (Å²) in [5, 5.41) is 11.4. The molecule has 21 heavy (non-hydrogen) atoms. The SMILES string of the molecule is CCN(CCC(O)c1cccc(Cl)c1Cl)C1CCCCC1. The van der Waals surface area contributed by atoms with Crippen LogP contribution in [0.1, 0.15) is 57.1 Å². The van der Waals surface area contributed by atoms with Crippen LogP contribution in [0.5, 0.6) is 0 Å². The Labute approximate surface area is 138 Å². The molecule has 0 amide bonds. The molecule has 0 aliphatic heterocycles. The number of hydrogen-bond donors (Lipinski definition) is 1. The number of aliphatic hydroxyl groups excluding tert-OH is 1. The lowest BCUT2D eigenvalue weighted by Gasteiger charge is -2.34. The molecule has 2 rings (SSSR count). The highest BCUT2D eigenvalue weighted by molar-refractivity contribution is 6.42. The van der Waals surface area contributed by atoms with E-state index in [-0.39, 0.29) is 0 Å². The van der Waals surface area contributed by atoms with Gasteiger partial charge in [-0.15, -0.1) is 0 Å². The van der Waals surface area contributed by atoms with E-state index in [1.54, 1.807) is 6.07 Å². The fraction of sp³-hybridized carbons (Fsp3) is 0.647. The molecule has 2 nitrogen and oxygen atoms in total. The Bertz CT molecular complexity index is 446. The first kappa shape index (κ1) is 17.1. The van der Waals surface area contributed by atoms with Crippen molar-refractivity contribution in [2.24, 2.45) is 0 Å². The molecular formula is C17H25Cl2NO. The Morgan fingerprint density at radius 3 is 2.62 bits per heavy atom. The van der Waals surface area contributed by atoms with E-state index < -0.39 is 6.10 Å². The molecule has 4 heteroatoms. The van der Waals surface area contributed by atoms with Gasteiger partial charge in [0.1, 0.15) is 0 Å². The number of aliphatic hydroxyl groups is 1. The van der Waals surface area contributed by atoms with Crippen LogP contribution in [0.15, 0.2) is 18.2 Å². The smallest absolute Gasteiger partial charge is 0.0817 e. The first-order chi connectivity index (χ1) is 10.1. The molecule has 1 saturated carbocycles. The van der Waals surface area contributed by atoms with Gasteiger partial charge in [0.05, 0.1) is 16.1 Å². The maximum atomic E-state index is 10.4. The molecule has 1 N–H and O–H groups in total. The molecule has 0 bridgehead atoms. The first-order valence-electron chi connectivity index (χ1n) is 7.99. The third-order valence-electron chi connectivity index (χ3n) is 4.53. The second-order valence-corrected chi connectivity index (χ2v) is 6.65. The number of halogens is 2. The van der Waals surface area contributed by atoms with Crippen molar-refractivity contribution in [3.63, 3.8) is 0 Å². The molecule has 1 aromatic carbocycles. The van der Waals surface area contributed by atoms with Crippen molar-refractivity contribution in [1.82, 2.24) is 4.90 Å². The minimum atomic E-state index is -0.547. The van der Waals surface area contributed by atoms with E-state index in [4.69, 9.17) is 23.2 Å². The molecule has 1 atom stereocenters. The van der Waals surface area contributed by atoms with Gasteiger partial charge in [-0.05, 0) is 31.9 Å². The lowest BCUT2D eigenvalue weighted by atomic mass is 9.94. The van der Waals surface area contributed by atoms with Crippen molar-refractivity contribution < 1.29 is 5.11 Å². The summed E-state index contributed by atoms with van der Waals surface area (Å²) in [7, 11) is 0. The first-order valence-corrected chi connectivity index (χ1v) is 8.75. The summed E-state index contributed by atoms with van der Waals surface area (Å²) in [5.41, 5.74) is 0.740. The van der Waals surface area contributed by atoms with Crippen molar-refractivity contribution in [2.45, 2.75) is 57.6 Å². The van der Waals surface area contributed by atoms with Crippen LogP contribution in [0.25, 0.3) is 0 Å².